The fourth-order valence-electron chi connectivity index (χ4n) is 0.995. The molecule has 1 unspecified atom stereocenters. The fourth-order valence-corrected chi connectivity index (χ4v) is 0.995. The Morgan fingerprint density at radius 3 is 2.27 bits per heavy atom. The van der Waals surface area contributed by atoms with Gasteiger partial charge in [0.25, 0.3) is 0 Å². The van der Waals surface area contributed by atoms with Gasteiger partial charge in [-0.1, -0.05) is 37.3 Å². The Labute approximate surface area is 67.7 Å². The molecule has 1 aromatic rings. The highest BCUT2D eigenvalue weighted by Gasteiger charge is 2.21. The predicted molar refractivity (Wildman–Crippen MR) is 44.8 cm³/mol. The van der Waals surface area contributed by atoms with E-state index in [1.807, 2.05) is 37.3 Å². The van der Waals surface area contributed by atoms with Crippen LogP contribution in [0.3, 0.4) is 0 Å². The summed E-state index contributed by atoms with van der Waals surface area (Å²) >= 11 is 0. The first-order valence-electron chi connectivity index (χ1n) is 3.93. The second-order valence-electron chi connectivity index (χ2n) is 2.95. The van der Waals surface area contributed by atoms with Gasteiger partial charge in [-0.2, -0.15) is 0 Å². The van der Waals surface area contributed by atoms with Crippen LogP contribution in [0.15, 0.2) is 30.3 Å². The second kappa shape index (κ2) is 3.05. The van der Waals surface area contributed by atoms with Crippen LogP contribution in [0.4, 0.5) is 0 Å². The van der Waals surface area contributed by atoms with Gasteiger partial charge in [-0.05, 0) is 18.9 Å². The van der Waals surface area contributed by atoms with Crippen molar-refractivity contribution in [2.24, 2.45) is 0 Å². The smallest absolute Gasteiger partial charge is 0.125 e. The van der Waals surface area contributed by atoms with Crippen LogP contribution < -0.4 is 0 Å². The molecule has 0 aliphatic rings. The van der Waals surface area contributed by atoms with Crippen molar-refractivity contribution in [1.29, 1.82) is 0 Å². The first kappa shape index (κ1) is 8.28. The Hall–Kier alpha value is -0.820. The van der Waals surface area contributed by atoms with Crippen LogP contribution in [0.2, 0.25) is 0 Å². The summed E-state index contributed by atoms with van der Waals surface area (Å²) < 4.78 is 0. The van der Waals surface area contributed by atoms with Gasteiger partial charge >= 0.3 is 0 Å². The van der Waals surface area contributed by atoms with Crippen molar-refractivity contribution in [1.82, 2.24) is 0 Å². The molecular weight excluding hydrogens is 136 g/mol. The summed E-state index contributed by atoms with van der Waals surface area (Å²) in [6.45, 7) is 3.64. The van der Waals surface area contributed by atoms with E-state index in [0.717, 1.165) is 5.56 Å². The van der Waals surface area contributed by atoms with Crippen LogP contribution in [0, 0.1) is 0 Å². The van der Waals surface area contributed by atoms with Crippen LogP contribution in [0.5, 0.6) is 0 Å². The minimum atomic E-state index is -0.915. The van der Waals surface area contributed by atoms with E-state index < -0.39 is 5.60 Å². The summed E-state index contributed by atoms with van der Waals surface area (Å²) in [7, 11) is 0. The summed E-state index contributed by atoms with van der Waals surface area (Å²) in [4.78, 5) is 0. The highest BCUT2D eigenvalue weighted by atomic mass is 16.3. The lowest BCUT2D eigenvalue weighted by atomic mass is 9.94. The van der Waals surface area contributed by atoms with Gasteiger partial charge in [0.05, 0.1) is 0 Å². The molecular formula is C10H13O. The third-order valence-corrected chi connectivity index (χ3v) is 2.06. The molecule has 0 heterocycles. The quantitative estimate of drug-likeness (QED) is 0.616. The van der Waals surface area contributed by atoms with Crippen LogP contribution >= 0.6 is 0 Å². The molecule has 0 aliphatic carbocycles. The fraction of sp³-hybridized carbons (Fsp3) is 0.400. The molecule has 0 fully saturated rings. The van der Waals surface area contributed by atoms with E-state index in [9.17, 15) is 5.11 Å². The molecule has 0 saturated heterocycles. The summed E-state index contributed by atoms with van der Waals surface area (Å²) in [6, 6.07) is 9.50. The molecule has 1 nitrogen and oxygen atoms in total. The zero-order valence-electron chi connectivity index (χ0n) is 7.00. The van der Waals surface area contributed by atoms with Crippen molar-refractivity contribution in [2.75, 3.05) is 0 Å². The maximum Gasteiger partial charge on any atom is 0.125 e. The van der Waals surface area contributed by atoms with Crippen molar-refractivity contribution in [3.63, 3.8) is 0 Å². The molecule has 0 amide bonds. The maximum absolute atomic E-state index is 11.7. The van der Waals surface area contributed by atoms with Gasteiger partial charge in [-0.3, -0.25) is 0 Å². The molecule has 1 rings (SSSR count). The molecule has 0 bridgehead atoms. The van der Waals surface area contributed by atoms with Gasteiger partial charge in [-0.15, -0.1) is 0 Å². The van der Waals surface area contributed by atoms with E-state index in [0.29, 0.717) is 6.42 Å². The highest BCUT2D eigenvalue weighted by Crippen LogP contribution is 2.23. The summed E-state index contributed by atoms with van der Waals surface area (Å²) in [6.07, 6.45) is 0.636. The van der Waals surface area contributed by atoms with Crippen molar-refractivity contribution in [2.45, 2.75) is 25.9 Å². The van der Waals surface area contributed by atoms with E-state index in [1.54, 1.807) is 6.92 Å². The van der Waals surface area contributed by atoms with Crippen LogP contribution in [0.25, 0.3) is 0 Å². The third-order valence-electron chi connectivity index (χ3n) is 2.06. The van der Waals surface area contributed by atoms with Gasteiger partial charge in [0.1, 0.15) is 5.60 Å². The lowest BCUT2D eigenvalue weighted by Gasteiger charge is -2.18. The molecule has 11 heavy (non-hydrogen) atoms. The largest absolute Gasteiger partial charge is 0.225 e. The summed E-state index contributed by atoms with van der Waals surface area (Å²) in [5, 5.41) is 11.7. The number of hydrogen-bond donors (Lipinski definition) is 0. The Balaban J connectivity index is 2.93. The van der Waals surface area contributed by atoms with Gasteiger partial charge in [0, 0.05) is 0 Å². The average molecular weight is 149 g/mol. The Kier molecular flexibility index (Phi) is 2.30. The van der Waals surface area contributed by atoms with E-state index in [-0.39, 0.29) is 0 Å². The third kappa shape index (κ3) is 1.81. The van der Waals surface area contributed by atoms with E-state index in [4.69, 9.17) is 0 Å². The molecule has 0 aromatic heterocycles. The molecule has 1 aromatic carbocycles. The average Bonchev–Trinajstić information content (AvgIpc) is 2.06. The van der Waals surface area contributed by atoms with Crippen molar-refractivity contribution < 1.29 is 5.11 Å². The number of benzene rings is 1. The van der Waals surface area contributed by atoms with E-state index in [2.05, 4.69) is 0 Å². The van der Waals surface area contributed by atoms with Crippen LogP contribution in [-0.4, -0.2) is 0 Å². The van der Waals surface area contributed by atoms with Gasteiger partial charge < -0.3 is 0 Å². The van der Waals surface area contributed by atoms with Crippen LogP contribution in [-0.2, 0) is 10.7 Å². The molecule has 1 atom stereocenters. The topological polar surface area (TPSA) is 19.9 Å². The second-order valence-corrected chi connectivity index (χ2v) is 2.95. The first-order valence-corrected chi connectivity index (χ1v) is 3.93. The molecule has 1 radical (unpaired) electrons. The number of rotatable bonds is 2. The van der Waals surface area contributed by atoms with E-state index >= 15 is 0 Å². The molecule has 0 saturated carbocycles. The molecule has 0 aliphatic heterocycles. The maximum atomic E-state index is 11.7. The summed E-state index contributed by atoms with van der Waals surface area (Å²) in [5.41, 5.74) is -0.0381. The zero-order valence-corrected chi connectivity index (χ0v) is 7.00. The Bertz CT molecular complexity index is 214. The highest BCUT2D eigenvalue weighted by molar-refractivity contribution is 5.20. The number of hydrogen-bond acceptors (Lipinski definition) is 0. The van der Waals surface area contributed by atoms with E-state index in [1.165, 1.54) is 0 Å². The van der Waals surface area contributed by atoms with Crippen molar-refractivity contribution >= 4 is 0 Å². The molecule has 0 spiro atoms. The molecule has 0 N–H and O–H groups in total. The molecule has 1 heteroatoms. The first-order chi connectivity index (χ1) is 5.17. The Morgan fingerprint density at radius 1 is 1.27 bits per heavy atom. The van der Waals surface area contributed by atoms with Crippen LogP contribution in [0.1, 0.15) is 25.8 Å². The summed E-state index contributed by atoms with van der Waals surface area (Å²) in [5.74, 6) is 0. The SMILES string of the molecule is CCC(C)([O])c1ccccc1. The lowest BCUT2D eigenvalue weighted by molar-refractivity contribution is -0.0213. The normalized spacial score (nSPS) is 15.9. The van der Waals surface area contributed by atoms with Crippen molar-refractivity contribution in [3.8, 4) is 0 Å². The minimum Gasteiger partial charge on any atom is -0.225 e. The van der Waals surface area contributed by atoms with Gasteiger partial charge in [0.15, 0.2) is 0 Å². The minimum absolute atomic E-state index is 0.636. The lowest BCUT2D eigenvalue weighted by Crippen LogP contribution is -2.17. The molecule has 59 valence electrons. The van der Waals surface area contributed by atoms with Gasteiger partial charge in [-0.25, -0.2) is 5.11 Å². The Morgan fingerprint density at radius 2 is 1.82 bits per heavy atom. The monoisotopic (exact) mass is 149 g/mol. The zero-order chi connectivity index (χ0) is 8.32. The van der Waals surface area contributed by atoms with Crippen molar-refractivity contribution in [3.05, 3.63) is 35.9 Å². The predicted octanol–water partition coefficient (Wildman–Crippen LogP) is 2.74. The standard InChI is InChI=1S/C10H13O/c1-3-10(2,11)9-7-5-4-6-8-9/h4-8H,3H2,1-2H3. The van der Waals surface area contributed by atoms with Gasteiger partial charge in [0.2, 0.25) is 0 Å².